The fourth-order valence-electron chi connectivity index (χ4n) is 3.52. The summed E-state index contributed by atoms with van der Waals surface area (Å²) in [5.74, 6) is 0.513. The number of ether oxygens (including phenoxy) is 1. The highest BCUT2D eigenvalue weighted by molar-refractivity contribution is 7.90. The first kappa shape index (κ1) is 22.6. The Morgan fingerprint density at radius 3 is 2.61 bits per heavy atom. The van der Waals surface area contributed by atoms with Gasteiger partial charge in [0.2, 0.25) is 0 Å². The summed E-state index contributed by atoms with van der Waals surface area (Å²) in [5.41, 5.74) is 2.22. The fourth-order valence-corrected chi connectivity index (χ4v) is 3.91. The van der Waals surface area contributed by atoms with E-state index in [9.17, 15) is 18.5 Å². The first-order chi connectivity index (χ1) is 14.6. The van der Waals surface area contributed by atoms with E-state index in [4.69, 9.17) is 4.74 Å². The Balaban J connectivity index is 1.86. The summed E-state index contributed by atoms with van der Waals surface area (Å²) < 4.78 is 28.1. The van der Waals surface area contributed by atoms with Crippen molar-refractivity contribution in [2.45, 2.75) is 32.1 Å². The standard InChI is InChI=1S/C24H26N2O4S/c1-4-18-13-19-8-9-20(14-22(19)26-23(18)27)24(2,16-25)15-17-6-5-7-21(12-17)30-10-11-31(3,28)29/h5-9,12-14H,4,10-11,15H2,1-3H3,(H,26,27). The molecule has 3 aromatic rings. The Morgan fingerprint density at radius 2 is 1.94 bits per heavy atom. The molecule has 0 spiro atoms. The SMILES string of the molecule is CCc1cc2ccc(C(C)(C#N)Cc3cccc(OCCS(C)(=O)=O)c3)cc2[nH]c1=O. The molecule has 162 valence electrons. The van der Waals surface area contributed by atoms with Crippen LogP contribution in [0.4, 0.5) is 0 Å². The zero-order valence-corrected chi connectivity index (χ0v) is 18.8. The van der Waals surface area contributed by atoms with Crippen molar-refractivity contribution in [2.24, 2.45) is 0 Å². The first-order valence-electron chi connectivity index (χ1n) is 10.1. The van der Waals surface area contributed by atoms with Gasteiger partial charge in [0, 0.05) is 17.3 Å². The molecule has 0 saturated heterocycles. The molecule has 0 radical (unpaired) electrons. The molecule has 0 aliphatic carbocycles. The molecular formula is C24H26N2O4S. The van der Waals surface area contributed by atoms with Crippen molar-refractivity contribution in [3.63, 3.8) is 0 Å². The molecule has 3 rings (SSSR count). The molecule has 0 aliphatic rings. The van der Waals surface area contributed by atoms with Crippen LogP contribution in [-0.4, -0.2) is 32.0 Å². The smallest absolute Gasteiger partial charge is 0.251 e. The predicted molar refractivity (Wildman–Crippen MR) is 122 cm³/mol. The Hall–Kier alpha value is -3.11. The summed E-state index contributed by atoms with van der Waals surface area (Å²) in [4.78, 5) is 15.1. The van der Waals surface area contributed by atoms with Gasteiger partial charge in [0.15, 0.2) is 9.84 Å². The number of aryl methyl sites for hydroxylation is 1. The lowest BCUT2D eigenvalue weighted by Crippen LogP contribution is -2.23. The van der Waals surface area contributed by atoms with Gasteiger partial charge in [0.25, 0.3) is 5.56 Å². The Bertz CT molecular complexity index is 1310. The van der Waals surface area contributed by atoms with Crippen LogP contribution in [0.5, 0.6) is 5.75 Å². The lowest BCUT2D eigenvalue weighted by Gasteiger charge is -2.23. The number of nitriles is 1. The molecule has 2 aromatic carbocycles. The number of fused-ring (bicyclic) bond motifs is 1. The minimum absolute atomic E-state index is 0.0534. The molecule has 1 atom stereocenters. The molecule has 6 nitrogen and oxygen atoms in total. The Labute approximate surface area is 182 Å². The highest BCUT2D eigenvalue weighted by Crippen LogP contribution is 2.30. The van der Waals surface area contributed by atoms with Gasteiger partial charge < -0.3 is 9.72 Å². The average molecular weight is 439 g/mol. The van der Waals surface area contributed by atoms with Crippen LogP contribution < -0.4 is 10.3 Å². The molecule has 0 saturated carbocycles. The predicted octanol–water partition coefficient (Wildman–Crippen LogP) is 3.54. The van der Waals surface area contributed by atoms with Crippen molar-refractivity contribution in [1.82, 2.24) is 4.98 Å². The number of benzene rings is 2. The minimum atomic E-state index is -3.09. The van der Waals surface area contributed by atoms with Crippen LogP contribution in [0.25, 0.3) is 10.9 Å². The number of pyridine rings is 1. The van der Waals surface area contributed by atoms with Gasteiger partial charge in [-0.05, 0) is 60.5 Å². The van der Waals surface area contributed by atoms with E-state index in [-0.39, 0.29) is 17.9 Å². The lowest BCUT2D eigenvalue weighted by atomic mass is 9.78. The van der Waals surface area contributed by atoms with E-state index >= 15 is 0 Å². The van der Waals surface area contributed by atoms with E-state index in [0.717, 1.165) is 22.1 Å². The largest absolute Gasteiger partial charge is 0.493 e. The van der Waals surface area contributed by atoms with E-state index in [1.54, 1.807) is 6.07 Å². The van der Waals surface area contributed by atoms with Crippen LogP contribution in [0.1, 0.15) is 30.5 Å². The number of H-pyrrole nitrogens is 1. The fraction of sp³-hybridized carbons (Fsp3) is 0.333. The highest BCUT2D eigenvalue weighted by atomic mass is 32.2. The number of hydrogen-bond acceptors (Lipinski definition) is 5. The van der Waals surface area contributed by atoms with Crippen LogP contribution in [-0.2, 0) is 28.1 Å². The zero-order chi connectivity index (χ0) is 22.6. The van der Waals surface area contributed by atoms with Crippen molar-refractivity contribution >= 4 is 20.7 Å². The Morgan fingerprint density at radius 1 is 1.16 bits per heavy atom. The number of rotatable bonds is 8. The van der Waals surface area contributed by atoms with E-state index in [1.165, 1.54) is 6.26 Å². The number of nitrogens with one attached hydrogen (secondary N) is 1. The lowest BCUT2D eigenvalue weighted by molar-refractivity contribution is 0.340. The monoisotopic (exact) mass is 438 g/mol. The first-order valence-corrected chi connectivity index (χ1v) is 12.2. The van der Waals surface area contributed by atoms with Gasteiger partial charge in [0.05, 0.1) is 17.2 Å². The van der Waals surface area contributed by atoms with E-state index in [1.807, 2.05) is 56.3 Å². The molecule has 7 heteroatoms. The van der Waals surface area contributed by atoms with Crippen LogP contribution in [0.15, 0.2) is 53.3 Å². The molecule has 31 heavy (non-hydrogen) atoms. The van der Waals surface area contributed by atoms with Crippen LogP contribution in [0, 0.1) is 11.3 Å². The van der Waals surface area contributed by atoms with Gasteiger partial charge in [-0.25, -0.2) is 8.42 Å². The summed E-state index contributed by atoms with van der Waals surface area (Å²) in [7, 11) is -3.09. The third-order valence-electron chi connectivity index (χ3n) is 5.37. The zero-order valence-electron chi connectivity index (χ0n) is 17.9. The third-order valence-corrected chi connectivity index (χ3v) is 6.27. The van der Waals surface area contributed by atoms with Crippen molar-refractivity contribution in [2.75, 3.05) is 18.6 Å². The maximum atomic E-state index is 12.2. The molecular weight excluding hydrogens is 412 g/mol. The highest BCUT2D eigenvalue weighted by Gasteiger charge is 2.27. The van der Waals surface area contributed by atoms with Gasteiger partial charge >= 0.3 is 0 Å². The van der Waals surface area contributed by atoms with Crippen molar-refractivity contribution in [1.29, 1.82) is 5.26 Å². The molecule has 0 fully saturated rings. The van der Waals surface area contributed by atoms with Crippen LogP contribution in [0.3, 0.4) is 0 Å². The van der Waals surface area contributed by atoms with E-state index in [2.05, 4.69) is 11.1 Å². The van der Waals surface area contributed by atoms with E-state index in [0.29, 0.717) is 24.1 Å². The number of aromatic amines is 1. The molecule has 1 unspecified atom stereocenters. The topological polar surface area (TPSA) is 100 Å². The van der Waals surface area contributed by atoms with Gasteiger partial charge in [-0.3, -0.25) is 4.79 Å². The summed E-state index contributed by atoms with van der Waals surface area (Å²) >= 11 is 0. The molecule has 0 bridgehead atoms. The number of sulfone groups is 1. The second-order valence-corrected chi connectivity index (χ2v) is 10.3. The summed E-state index contributed by atoms with van der Waals surface area (Å²) in [6, 6.07) is 17.4. The molecule has 0 aliphatic heterocycles. The number of aromatic nitrogens is 1. The summed E-state index contributed by atoms with van der Waals surface area (Å²) in [5, 5.41) is 10.9. The van der Waals surface area contributed by atoms with Gasteiger partial charge in [-0.1, -0.05) is 31.2 Å². The van der Waals surface area contributed by atoms with Crippen LogP contribution in [0.2, 0.25) is 0 Å². The number of nitrogens with zero attached hydrogens (tertiary/aromatic N) is 1. The van der Waals surface area contributed by atoms with Crippen molar-refractivity contribution < 1.29 is 13.2 Å². The summed E-state index contributed by atoms with van der Waals surface area (Å²) in [6.07, 6.45) is 2.27. The van der Waals surface area contributed by atoms with Crippen molar-refractivity contribution in [3.05, 3.63) is 75.6 Å². The van der Waals surface area contributed by atoms with Gasteiger partial charge in [-0.2, -0.15) is 5.26 Å². The summed E-state index contributed by atoms with van der Waals surface area (Å²) in [6.45, 7) is 3.88. The average Bonchev–Trinajstić information content (AvgIpc) is 2.72. The minimum Gasteiger partial charge on any atom is -0.493 e. The van der Waals surface area contributed by atoms with Crippen LogP contribution >= 0.6 is 0 Å². The Kier molecular flexibility index (Phi) is 6.51. The van der Waals surface area contributed by atoms with Gasteiger partial charge in [0.1, 0.15) is 12.4 Å². The normalized spacial score (nSPS) is 13.5. The van der Waals surface area contributed by atoms with Crippen molar-refractivity contribution in [3.8, 4) is 11.8 Å². The molecule has 1 heterocycles. The maximum Gasteiger partial charge on any atom is 0.251 e. The second kappa shape index (κ2) is 8.94. The van der Waals surface area contributed by atoms with Gasteiger partial charge in [-0.15, -0.1) is 0 Å². The maximum absolute atomic E-state index is 12.2. The second-order valence-electron chi connectivity index (χ2n) is 8.03. The van der Waals surface area contributed by atoms with E-state index < -0.39 is 15.3 Å². The molecule has 0 amide bonds. The number of hydrogen-bond donors (Lipinski definition) is 1. The third kappa shape index (κ3) is 5.53. The molecule has 1 aromatic heterocycles. The molecule has 1 N–H and O–H groups in total. The quantitative estimate of drug-likeness (QED) is 0.580.